The van der Waals surface area contributed by atoms with Crippen molar-refractivity contribution in [3.8, 4) is 0 Å². The van der Waals surface area contributed by atoms with Crippen LogP contribution in [0, 0.1) is 5.82 Å². The van der Waals surface area contributed by atoms with Gasteiger partial charge in [-0.25, -0.2) is 4.39 Å². The van der Waals surface area contributed by atoms with Gasteiger partial charge in [-0.1, -0.05) is 28.9 Å². The molecule has 0 aliphatic rings. The lowest BCUT2D eigenvalue weighted by Gasteiger charge is -2.30. The molecule has 0 saturated carbocycles. The SMILES string of the molecule is CCN(Cc1ccccn1)C(CN)c1cc(F)ccc1Br. The number of likely N-dealkylation sites (N-methyl/N-ethyl adjacent to an activating group) is 1. The van der Waals surface area contributed by atoms with Crippen LogP contribution < -0.4 is 5.73 Å². The predicted octanol–water partition coefficient (Wildman–Crippen LogP) is 3.51. The number of hydrogen-bond donors (Lipinski definition) is 1. The van der Waals surface area contributed by atoms with E-state index in [-0.39, 0.29) is 11.9 Å². The van der Waals surface area contributed by atoms with Crippen molar-refractivity contribution in [2.24, 2.45) is 5.73 Å². The van der Waals surface area contributed by atoms with E-state index in [9.17, 15) is 4.39 Å². The summed E-state index contributed by atoms with van der Waals surface area (Å²) in [4.78, 5) is 6.54. The van der Waals surface area contributed by atoms with E-state index in [0.717, 1.165) is 22.3 Å². The van der Waals surface area contributed by atoms with Gasteiger partial charge in [-0.3, -0.25) is 9.88 Å². The van der Waals surface area contributed by atoms with Crippen LogP contribution in [0.25, 0.3) is 0 Å². The third kappa shape index (κ3) is 4.09. The summed E-state index contributed by atoms with van der Waals surface area (Å²) >= 11 is 3.49. The fourth-order valence-electron chi connectivity index (χ4n) is 2.38. The van der Waals surface area contributed by atoms with Gasteiger partial charge in [-0.05, 0) is 42.4 Å². The molecule has 2 rings (SSSR count). The molecule has 0 bridgehead atoms. The summed E-state index contributed by atoms with van der Waals surface area (Å²) in [5.74, 6) is -0.250. The zero-order valence-electron chi connectivity index (χ0n) is 12.0. The predicted molar refractivity (Wildman–Crippen MR) is 86.2 cm³/mol. The zero-order valence-corrected chi connectivity index (χ0v) is 13.6. The molecule has 2 N–H and O–H groups in total. The second kappa shape index (κ2) is 7.64. The summed E-state index contributed by atoms with van der Waals surface area (Å²) in [5.41, 5.74) is 7.80. The molecule has 1 unspecified atom stereocenters. The van der Waals surface area contributed by atoms with Crippen LogP contribution in [0.1, 0.15) is 24.2 Å². The third-order valence-corrected chi connectivity index (χ3v) is 4.20. The van der Waals surface area contributed by atoms with E-state index in [1.54, 1.807) is 18.3 Å². The number of pyridine rings is 1. The maximum Gasteiger partial charge on any atom is 0.123 e. The van der Waals surface area contributed by atoms with Crippen LogP contribution in [-0.4, -0.2) is 23.0 Å². The highest BCUT2D eigenvalue weighted by Gasteiger charge is 2.21. The summed E-state index contributed by atoms with van der Waals surface area (Å²) in [6, 6.07) is 10.5. The first-order chi connectivity index (χ1) is 10.2. The molecule has 0 radical (unpaired) electrons. The second-order valence-electron chi connectivity index (χ2n) is 4.80. The van der Waals surface area contributed by atoms with Crippen molar-refractivity contribution in [3.05, 3.63) is 64.1 Å². The van der Waals surface area contributed by atoms with Gasteiger partial charge in [0.1, 0.15) is 5.82 Å². The lowest BCUT2D eigenvalue weighted by Crippen LogP contribution is -2.33. The van der Waals surface area contributed by atoms with Crippen molar-refractivity contribution >= 4 is 15.9 Å². The van der Waals surface area contributed by atoms with Crippen LogP contribution in [-0.2, 0) is 6.54 Å². The van der Waals surface area contributed by atoms with E-state index in [4.69, 9.17) is 5.73 Å². The molecule has 0 spiro atoms. The molecule has 0 amide bonds. The zero-order chi connectivity index (χ0) is 15.2. The van der Waals surface area contributed by atoms with E-state index in [0.29, 0.717) is 13.1 Å². The average Bonchev–Trinajstić information content (AvgIpc) is 2.51. The quantitative estimate of drug-likeness (QED) is 0.865. The van der Waals surface area contributed by atoms with Crippen molar-refractivity contribution in [1.82, 2.24) is 9.88 Å². The molecule has 2 aromatic rings. The lowest BCUT2D eigenvalue weighted by atomic mass is 10.0. The van der Waals surface area contributed by atoms with Gasteiger partial charge in [0.15, 0.2) is 0 Å². The molecular formula is C16H19BrFN3. The first-order valence-electron chi connectivity index (χ1n) is 6.94. The van der Waals surface area contributed by atoms with Gasteiger partial charge < -0.3 is 5.73 Å². The average molecular weight is 352 g/mol. The Morgan fingerprint density at radius 2 is 2.14 bits per heavy atom. The van der Waals surface area contributed by atoms with Crippen molar-refractivity contribution in [1.29, 1.82) is 0 Å². The molecule has 1 aromatic carbocycles. The first-order valence-corrected chi connectivity index (χ1v) is 7.74. The topological polar surface area (TPSA) is 42.2 Å². The Hall–Kier alpha value is -1.30. The van der Waals surface area contributed by atoms with Gasteiger partial charge in [0.2, 0.25) is 0 Å². The van der Waals surface area contributed by atoms with Gasteiger partial charge in [0.25, 0.3) is 0 Å². The summed E-state index contributed by atoms with van der Waals surface area (Å²) in [7, 11) is 0. The largest absolute Gasteiger partial charge is 0.329 e. The van der Waals surface area contributed by atoms with Crippen LogP contribution in [0.3, 0.4) is 0 Å². The molecule has 1 aromatic heterocycles. The van der Waals surface area contributed by atoms with Crippen LogP contribution in [0.4, 0.5) is 4.39 Å². The first kappa shape index (κ1) is 16.1. The molecule has 3 nitrogen and oxygen atoms in total. The molecule has 0 fully saturated rings. The number of nitrogens with two attached hydrogens (primary N) is 1. The van der Waals surface area contributed by atoms with Crippen LogP contribution >= 0.6 is 15.9 Å². The molecular weight excluding hydrogens is 333 g/mol. The lowest BCUT2D eigenvalue weighted by molar-refractivity contribution is 0.200. The molecule has 5 heteroatoms. The molecule has 0 saturated heterocycles. The standard InChI is InChI=1S/C16H19BrFN3/c1-2-21(11-13-5-3-4-8-20-13)16(10-19)14-9-12(18)6-7-15(14)17/h3-9,16H,2,10-11,19H2,1H3. The maximum atomic E-state index is 13.5. The normalized spacial score (nSPS) is 12.6. The van der Waals surface area contributed by atoms with Crippen molar-refractivity contribution in [2.75, 3.05) is 13.1 Å². The summed E-state index contributed by atoms with van der Waals surface area (Å²) in [6.07, 6.45) is 1.78. The monoisotopic (exact) mass is 351 g/mol. The number of benzene rings is 1. The highest BCUT2D eigenvalue weighted by molar-refractivity contribution is 9.10. The Morgan fingerprint density at radius 1 is 1.33 bits per heavy atom. The van der Waals surface area contributed by atoms with Crippen LogP contribution in [0.15, 0.2) is 47.1 Å². The molecule has 112 valence electrons. The fraction of sp³-hybridized carbons (Fsp3) is 0.312. The Balaban J connectivity index is 2.27. The summed E-state index contributed by atoms with van der Waals surface area (Å²) in [6.45, 7) is 3.98. The van der Waals surface area contributed by atoms with E-state index in [1.165, 1.54) is 6.07 Å². The van der Waals surface area contributed by atoms with Gasteiger partial charge >= 0.3 is 0 Å². The highest BCUT2D eigenvalue weighted by atomic mass is 79.9. The van der Waals surface area contributed by atoms with E-state index < -0.39 is 0 Å². The second-order valence-corrected chi connectivity index (χ2v) is 5.66. The third-order valence-electron chi connectivity index (χ3n) is 3.48. The number of halogens is 2. The van der Waals surface area contributed by atoms with Gasteiger partial charge in [0.05, 0.1) is 5.69 Å². The van der Waals surface area contributed by atoms with Gasteiger partial charge in [0, 0.05) is 29.8 Å². The minimum absolute atomic E-state index is 0.0536. The Kier molecular flexibility index (Phi) is 5.85. The van der Waals surface area contributed by atoms with Crippen molar-refractivity contribution < 1.29 is 4.39 Å². The number of hydrogen-bond acceptors (Lipinski definition) is 3. The molecule has 1 atom stereocenters. The number of nitrogens with zero attached hydrogens (tertiary/aromatic N) is 2. The highest BCUT2D eigenvalue weighted by Crippen LogP contribution is 2.29. The molecule has 21 heavy (non-hydrogen) atoms. The van der Waals surface area contributed by atoms with Gasteiger partial charge in [-0.2, -0.15) is 0 Å². The smallest absolute Gasteiger partial charge is 0.123 e. The Morgan fingerprint density at radius 3 is 2.76 bits per heavy atom. The molecule has 0 aliphatic carbocycles. The minimum Gasteiger partial charge on any atom is -0.329 e. The number of aromatic nitrogens is 1. The van der Waals surface area contributed by atoms with Crippen molar-refractivity contribution in [3.63, 3.8) is 0 Å². The molecule has 1 heterocycles. The Labute approximate surface area is 133 Å². The summed E-state index contributed by atoms with van der Waals surface area (Å²) < 4.78 is 14.4. The van der Waals surface area contributed by atoms with E-state index >= 15 is 0 Å². The number of rotatable bonds is 6. The van der Waals surface area contributed by atoms with Gasteiger partial charge in [-0.15, -0.1) is 0 Å². The Bertz CT molecular complexity index is 577. The van der Waals surface area contributed by atoms with Crippen molar-refractivity contribution in [2.45, 2.75) is 19.5 Å². The minimum atomic E-state index is -0.250. The maximum absolute atomic E-state index is 13.5. The fourth-order valence-corrected chi connectivity index (χ4v) is 2.90. The van der Waals surface area contributed by atoms with E-state index in [1.807, 2.05) is 18.2 Å². The van der Waals surface area contributed by atoms with Crippen LogP contribution in [0.2, 0.25) is 0 Å². The summed E-state index contributed by atoms with van der Waals surface area (Å²) in [5, 5.41) is 0. The molecule has 0 aliphatic heterocycles. The van der Waals surface area contributed by atoms with Crippen LogP contribution in [0.5, 0.6) is 0 Å². The van der Waals surface area contributed by atoms with E-state index in [2.05, 4.69) is 32.7 Å².